The van der Waals surface area contributed by atoms with Crippen LogP contribution < -0.4 is 5.32 Å². The SMILES string of the molecule is CCc1nn(C)c(C(=O)N[C@@H](Cc2ccsc2)c2nccs2)c1C. The van der Waals surface area contributed by atoms with Gasteiger partial charge in [-0.05, 0) is 35.7 Å². The van der Waals surface area contributed by atoms with Gasteiger partial charge in [0.15, 0.2) is 0 Å². The van der Waals surface area contributed by atoms with Gasteiger partial charge < -0.3 is 5.32 Å². The van der Waals surface area contributed by atoms with Crippen molar-refractivity contribution in [2.24, 2.45) is 7.05 Å². The monoisotopic (exact) mass is 360 g/mol. The fourth-order valence-corrected chi connectivity index (χ4v) is 4.19. The number of carbonyl (C=O) groups excluding carboxylic acids is 1. The molecule has 0 aliphatic heterocycles. The lowest BCUT2D eigenvalue weighted by atomic mass is 10.1. The summed E-state index contributed by atoms with van der Waals surface area (Å²) in [5, 5.41) is 14.6. The van der Waals surface area contributed by atoms with Crippen molar-refractivity contribution in [1.82, 2.24) is 20.1 Å². The van der Waals surface area contributed by atoms with E-state index in [0.29, 0.717) is 5.69 Å². The Labute approximate surface area is 149 Å². The van der Waals surface area contributed by atoms with Crippen LogP contribution in [0, 0.1) is 6.92 Å². The normalized spacial score (nSPS) is 12.3. The molecule has 0 aliphatic rings. The van der Waals surface area contributed by atoms with Gasteiger partial charge in [0.2, 0.25) is 0 Å². The highest BCUT2D eigenvalue weighted by Gasteiger charge is 2.23. The van der Waals surface area contributed by atoms with E-state index in [0.717, 1.165) is 29.1 Å². The van der Waals surface area contributed by atoms with E-state index in [4.69, 9.17) is 0 Å². The van der Waals surface area contributed by atoms with Crippen LogP contribution in [0.15, 0.2) is 28.4 Å². The van der Waals surface area contributed by atoms with Crippen LogP contribution in [-0.4, -0.2) is 20.7 Å². The van der Waals surface area contributed by atoms with E-state index < -0.39 is 0 Å². The molecule has 7 heteroatoms. The number of nitrogens with one attached hydrogen (secondary N) is 1. The first-order valence-corrected chi connectivity index (χ1v) is 9.66. The van der Waals surface area contributed by atoms with E-state index >= 15 is 0 Å². The Balaban J connectivity index is 1.85. The van der Waals surface area contributed by atoms with Gasteiger partial charge in [-0.15, -0.1) is 11.3 Å². The average molecular weight is 361 g/mol. The number of hydrogen-bond acceptors (Lipinski definition) is 5. The minimum atomic E-state index is -0.133. The van der Waals surface area contributed by atoms with Crippen molar-refractivity contribution in [3.8, 4) is 0 Å². The maximum absolute atomic E-state index is 12.9. The Kier molecular flexibility index (Phi) is 5.11. The van der Waals surface area contributed by atoms with Gasteiger partial charge >= 0.3 is 0 Å². The third kappa shape index (κ3) is 3.42. The van der Waals surface area contributed by atoms with Gasteiger partial charge in [0.25, 0.3) is 5.91 Å². The first-order chi connectivity index (χ1) is 11.6. The van der Waals surface area contributed by atoms with Crippen LogP contribution in [0.25, 0.3) is 0 Å². The number of hydrogen-bond donors (Lipinski definition) is 1. The summed E-state index contributed by atoms with van der Waals surface area (Å²) in [5.74, 6) is -0.0994. The summed E-state index contributed by atoms with van der Waals surface area (Å²) in [7, 11) is 1.82. The standard InChI is InChI=1S/C17H20N4OS2/c1-4-13-11(2)15(21(3)20-13)16(22)19-14(17-18-6-8-24-17)9-12-5-7-23-10-12/h5-8,10,14H,4,9H2,1-3H3,(H,19,22)/t14-/m0/s1. The lowest BCUT2D eigenvalue weighted by Crippen LogP contribution is -2.31. The quantitative estimate of drug-likeness (QED) is 0.732. The minimum Gasteiger partial charge on any atom is -0.341 e. The zero-order valence-corrected chi connectivity index (χ0v) is 15.6. The summed E-state index contributed by atoms with van der Waals surface area (Å²) in [5.41, 5.74) is 3.74. The van der Waals surface area contributed by atoms with Crippen molar-refractivity contribution in [3.05, 3.63) is 55.9 Å². The number of thiophene rings is 1. The lowest BCUT2D eigenvalue weighted by molar-refractivity contribution is 0.0926. The summed E-state index contributed by atoms with van der Waals surface area (Å²) in [4.78, 5) is 17.3. The highest BCUT2D eigenvalue weighted by molar-refractivity contribution is 7.09. The summed E-state index contributed by atoms with van der Waals surface area (Å²) in [6.45, 7) is 4.00. The topological polar surface area (TPSA) is 59.8 Å². The highest BCUT2D eigenvalue weighted by atomic mass is 32.1. The molecule has 1 N–H and O–H groups in total. The predicted octanol–water partition coefficient (Wildman–Crippen LogP) is 3.52. The van der Waals surface area contributed by atoms with Gasteiger partial charge in [0, 0.05) is 30.6 Å². The molecule has 0 saturated carbocycles. The van der Waals surface area contributed by atoms with Crippen LogP contribution in [0.4, 0.5) is 0 Å². The molecule has 0 bridgehead atoms. The van der Waals surface area contributed by atoms with Crippen molar-refractivity contribution < 1.29 is 4.79 Å². The second kappa shape index (κ2) is 7.27. The van der Waals surface area contributed by atoms with E-state index in [2.05, 4.69) is 32.2 Å². The second-order valence-corrected chi connectivity index (χ2v) is 7.34. The van der Waals surface area contributed by atoms with Gasteiger partial charge in [-0.3, -0.25) is 9.48 Å². The molecule has 3 rings (SSSR count). The fourth-order valence-electron chi connectivity index (χ4n) is 2.82. The molecule has 0 radical (unpaired) electrons. The summed E-state index contributed by atoms with van der Waals surface area (Å²) < 4.78 is 1.67. The first kappa shape index (κ1) is 16.9. The van der Waals surface area contributed by atoms with Crippen LogP contribution in [-0.2, 0) is 19.9 Å². The Morgan fingerprint density at radius 2 is 2.25 bits per heavy atom. The van der Waals surface area contributed by atoms with Gasteiger partial charge in [-0.2, -0.15) is 16.4 Å². The molecule has 24 heavy (non-hydrogen) atoms. The molecule has 3 aromatic rings. The highest BCUT2D eigenvalue weighted by Crippen LogP contribution is 2.23. The summed E-state index contributed by atoms with van der Waals surface area (Å²) in [6.07, 6.45) is 3.33. The number of rotatable bonds is 6. The van der Waals surface area contributed by atoms with Gasteiger partial charge in [-0.1, -0.05) is 6.92 Å². The number of carbonyl (C=O) groups is 1. The largest absolute Gasteiger partial charge is 0.341 e. The molecule has 0 spiro atoms. The molecule has 126 valence electrons. The van der Waals surface area contributed by atoms with Crippen LogP contribution in [0.1, 0.15) is 45.3 Å². The van der Waals surface area contributed by atoms with Crippen LogP contribution >= 0.6 is 22.7 Å². The summed E-state index contributed by atoms with van der Waals surface area (Å²) in [6, 6.07) is 1.95. The third-order valence-corrected chi connectivity index (χ3v) is 5.63. The van der Waals surface area contributed by atoms with E-state index in [-0.39, 0.29) is 11.9 Å². The maximum Gasteiger partial charge on any atom is 0.270 e. The molecule has 5 nitrogen and oxygen atoms in total. The lowest BCUT2D eigenvalue weighted by Gasteiger charge is -2.16. The van der Waals surface area contributed by atoms with E-state index in [1.165, 1.54) is 5.56 Å². The van der Waals surface area contributed by atoms with Crippen molar-refractivity contribution in [1.29, 1.82) is 0 Å². The Hall–Kier alpha value is -1.99. The zero-order valence-electron chi connectivity index (χ0n) is 13.9. The summed E-state index contributed by atoms with van der Waals surface area (Å²) >= 11 is 3.22. The minimum absolute atomic E-state index is 0.0994. The molecule has 3 heterocycles. The average Bonchev–Trinajstić information content (AvgIpc) is 3.28. The van der Waals surface area contributed by atoms with Crippen LogP contribution in [0.3, 0.4) is 0 Å². The number of aromatic nitrogens is 3. The van der Waals surface area contributed by atoms with E-state index in [9.17, 15) is 4.79 Å². The van der Waals surface area contributed by atoms with Crippen molar-refractivity contribution in [2.75, 3.05) is 0 Å². The van der Waals surface area contributed by atoms with Gasteiger partial charge in [0.1, 0.15) is 10.7 Å². The molecule has 1 atom stereocenters. The van der Waals surface area contributed by atoms with Gasteiger partial charge in [0.05, 0.1) is 11.7 Å². The molecular formula is C17H20N4OS2. The van der Waals surface area contributed by atoms with Crippen LogP contribution in [0.2, 0.25) is 0 Å². The van der Waals surface area contributed by atoms with Crippen molar-refractivity contribution >= 4 is 28.6 Å². The van der Waals surface area contributed by atoms with Gasteiger partial charge in [-0.25, -0.2) is 4.98 Å². The molecule has 0 aliphatic carbocycles. The van der Waals surface area contributed by atoms with Crippen LogP contribution in [0.5, 0.6) is 0 Å². The Bertz CT molecular complexity index is 806. The second-order valence-electron chi connectivity index (χ2n) is 5.63. The third-order valence-electron chi connectivity index (χ3n) is 4.01. The predicted molar refractivity (Wildman–Crippen MR) is 97.7 cm³/mol. The fraction of sp³-hybridized carbons (Fsp3) is 0.353. The molecule has 0 fully saturated rings. The molecule has 0 unspecified atom stereocenters. The maximum atomic E-state index is 12.9. The molecule has 0 saturated heterocycles. The first-order valence-electron chi connectivity index (χ1n) is 7.84. The Morgan fingerprint density at radius 1 is 1.42 bits per heavy atom. The Morgan fingerprint density at radius 3 is 2.83 bits per heavy atom. The molecule has 3 aromatic heterocycles. The molecular weight excluding hydrogens is 340 g/mol. The molecule has 1 amide bonds. The van der Waals surface area contributed by atoms with E-state index in [1.807, 2.05) is 26.3 Å². The number of nitrogens with zero attached hydrogens (tertiary/aromatic N) is 3. The number of amides is 1. The van der Waals surface area contributed by atoms with E-state index in [1.54, 1.807) is 33.6 Å². The zero-order chi connectivity index (χ0) is 17.1. The number of aryl methyl sites for hydroxylation is 2. The van der Waals surface area contributed by atoms with Crippen molar-refractivity contribution in [3.63, 3.8) is 0 Å². The van der Waals surface area contributed by atoms with Crippen molar-refractivity contribution in [2.45, 2.75) is 32.7 Å². The smallest absolute Gasteiger partial charge is 0.270 e. The number of thiazole rings is 1. The molecule has 0 aromatic carbocycles.